The van der Waals surface area contributed by atoms with Crippen LogP contribution in [0.4, 0.5) is 9.59 Å². The molecule has 0 fully saturated rings. The van der Waals surface area contributed by atoms with Gasteiger partial charge in [-0.3, -0.25) is 28.9 Å². The van der Waals surface area contributed by atoms with E-state index in [1.54, 1.807) is 109 Å². The molecule has 6 amide bonds. The van der Waals surface area contributed by atoms with Crippen molar-refractivity contribution in [1.82, 2.24) is 20.4 Å². The number of hydrogen-bond acceptors (Lipinski definition) is 10. The minimum Gasteiger partial charge on any atom is -0.445 e. The van der Waals surface area contributed by atoms with E-state index in [-0.39, 0.29) is 56.1 Å². The molecule has 2 N–H and O–H groups in total. The molecule has 14 heteroatoms. The Labute approximate surface area is 348 Å². The fourth-order valence-corrected chi connectivity index (χ4v) is 7.24. The molecule has 0 saturated heterocycles. The minimum absolute atomic E-state index is 0.00151. The maximum absolute atomic E-state index is 15.4. The number of likely N-dealkylation sites (N-methyl/N-ethyl adjacent to an activating group) is 1. The van der Waals surface area contributed by atoms with Crippen LogP contribution in [0.25, 0.3) is 0 Å². The van der Waals surface area contributed by atoms with Gasteiger partial charge in [-0.1, -0.05) is 117 Å². The van der Waals surface area contributed by atoms with E-state index in [2.05, 4.69) is 23.3 Å². The summed E-state index contributed by atoms with van der Waals surface area (Å²) in [4.78, 5) is 100. The number of rotatable bonds is 18. The highest BCUT2D eigenvalue weighted by Gasteiger charge is 2.58. The fourth-order valence-electron chi connectivity index (χ4n) is 6.94. The predicted molar refractivity (Wildman–Crippen MR) is 222 cm³/mol. The molecule has 1 unspecified atom stereocenters. The number of carbonyl (C=O) groups is 7. The topological polar surface area (TPSA) is 168 Å². The molecule has 308 valence electrons. The largest absolute Gasteiger partial charge is 0.445 e. The molecule has 4 aromatic carbocycles. The highest BCUT2D eigenvalue weighted by Crippen LogP contribution is 2.31. The lowest BCUT2D eigenvalue weighted by molar-refractivity contribution is -0.154. The van der Waals surface area contributed by atoms with Crippen LogP contribution in [-0.4, -0.2) is 81.8 Å². The molecule has 1 heterocycles. The lowest BCUT2D eigenvalue weighted by atomic mass is 9.78. The molecule has 0 saturated carbocycles. The second-order valence-electron chi connectivity index (χ2n) is 14.5. The molecular formula is C45H48N4O9S. The Balaban J connectivity index is 1.53. The zero-order chi connectivity index (χ0) is 42.5. The summed E-state index contributed by atoms with van der Waals surface area (Å²) in [6.45, 7) is 3.13. The Kier molecular flexibility index (Phi) is 15.2. The number of nitrogens with zero attached hydrogens (tertiary/aromatic N) is 2. The van der Waals surface area contributed by atoms with Crippen molar-refractivity contribution in [2.75, 3.05) is 13.6 Å². The molecule has 1 aliphatic rings. The van der Waals surface area contributed by atoms with Gasteiger partial charge in [-0.05, 0) is 54.0 Å². The molecule has 4 aromatic rings. The molecule has 1 aliphatic heterocycles. The van der Waals surface area contributed by atoms with Crippen molar-refractivity contribution in [2.45, 2.75) is 69.6 Å². The first-order valence-electron chi connectivity index (χ1n) is 19.3. The SMILES string of the molecule is CNC(=O)[C@@](Cc1ccccc1)(C(=O)[C@H](CC(C)C)NC(=O)OCc1ccccc1)N(C(=O)OCc1ccccc1)C(=O)C(S)CCCN1C(=O)c2ccccc2C1=O. The van der Waals surface area contributed by atoms with E-state index in [0.29, 0.717) is 21.6 Å². The van der Waals surface area contributed by atoms with E-state index in [1.807, 2.05) is 19.9 Å². The van der Waals surface area contributed by atoms with Gasteiger partial charge in [0, 0.05) is 20.0 Å². The molecule has 3 atom stereocenters. The number of carbonyl (C=O) groups excluding carboxylic acids is 7. The van der Waals surface area contributed by atoms with Crippen molar-refractivity contribution >= 4 is 54.2 Å². The van der Waals surface area contributed by atoms with Gasteiger partial charge in [0.2, 0.25) is 5.91 Å². The number of Topliss-reactive ketones (excluding diaryl/α,β-unsaturated/α-hetero) is 1. The van der Waals surface area contributed by atoms with E-state index < -0.39 is 64.8 Å². The predicted octanol–water partition coefficient (Wildman–Crippen LogP) is 6.16. The van der Waals surface area contributed by atoms with Crippen molar-refractivity contribution in [3.05, 3.63) is 143 Å². The van der Waals surface area contributed by atoms with E-state index in [1.165, 1.54) is 7.05 Å². The summed E-state index contributed by atoms with van der Waals surface area (Å²) in [5, 5.41) is 3.79. The Morgan fingerprint density at radius 3 is 1.73 bits per heavy atom. The Morgan fingerprint density at radius 1 is 0.729 bits per heavy atom. The van der Waals surface area contributed by atoms with E-state index in [9.17, 15) is 28.8 Å². The number of hydrogen-bond donors (Lipinski definition) is 3. The zero-order valence-electron chi connectivity index (χ0n) is 33.2. The molecule has 0 spiro atoms. The van der Waals surface area contributed by atoms with Crippen LogP contribution in [0.2, 0.25) is 0 Å². The first-order chi connectivity index (χ1) is 28.4. The van der Waals surface area contributed by atoms with Gasteiger partial charge < -0.3 is 20.1 Å². The maximum atomic E-state index is 15.4. The standard InChI is InChI=1S/C45H48N4O9S/c1-30(2)26-36(47-43(55)57-28-32-18-9-5-10-19-32)38(50)45(42(54)46-3,27-31-16-7-4-8-17-31)49(44(56)58-29-33-20-11-6-12-21-33)41(53)37(59)24-15-25-48-39(51)34-22-13-14-23-35(34)40(48)52/h4-14,16-23,30,36-37,59H,15,24-29H2,1-3H3,(H,46,54)(H,47,55)/t36-,37?,45+/m0/s1. The average Bonchev–Trinajstić information content (AvgIpc) is 3.49. The summed E-state index contributed by atoms with van der Waals surface area (Å²) in [5.41, 5.74) is -0.430. The first-order valence-corrected chi connectivity index (χ1v) is 19.8. The van der Waals surface area contributed by atoms with E-state index in [4.69, 9.17) is 9.47 Å². The van der Waals surface area contributed by atoms with Crippen LogP contribution in [0.3, 0.4) is 0 Å². The quantitative estimate of drug-likeness (QED) is 0.0605. The number of imide groups is 2. The molecule has 0 bridgehead atoms. The monoisotopic (exact) mass is 820 g/mol. The van der Waals surface area contributed by atoms with Gasteiger partial charge >= 0.3 is 12.2 Å². The molecular weight excluding hydrogens is 773 g/mol. The number of amides is 6. The lowest BCUT2D eigenvalue weighted by Crippen LogP contribution is -2.72. The number of nitrogens with one attached hydrogen (secondary N) is 2. The summed E-state index contributed by atoms with van der Waals surface area (Å²) < 4.78 is 11.2. The number of thiol groups is 1. The van der Waals surface area contributed by atoms with Crippen LogP contribution < -0.4 is 10.6 Å². The normalized spacial score (nSPS) is 14.1. The number of ketones is 1. The fraction of sp³-hybridized carbons (Fsp3) is 0.311. The summed E-state index contributed by atoms with van der Waals surface area (Å²) in [5.74, 6) is -4.21. The molecule has 0 radical (unpaired) electrons. The molecule has 0 aromatic heterocycles. The highest BCUT2D eigenvalue weighted by atomic mass is 32.1. The van der Waals surface area contributed by atoms with Gasteiger partial charge in [-0.15, -0.1) is 0 Å². The summed E-state index contributed by atoms with van der Waals surface area (Å²) >= 11 is 4.60. The van der Waals surface area contributed by atoms with Crippen LogP contribution >= 0.6 is 12.6 Å². The van der Waals surface area contributed by atoms with Crippen LogP contribution in [0.1, 0.15) is 70.5 Å². The maximum Gasteiger partial charge on any atom is 0.418 e. The third kappa shape index (κ3) is 10.6. The molecule has 59 heavy (non-hydrogen) atoms. The second kappa shape index (κ2) is 20.4. The first kappa shape index (κ1) is 43.8. The molecule has 5 rings (SSSR count). The molecule has 13 nitrogen and oxygen atoms in total. The third-order valence-corrected chi connectivity index (χ3v) is 10.3. The van der Waals surface area contributed by atoms with Gasteiger partial charge in [-0.25, -0.2) is 14.5 Å². The lowest BCUT2D eigenvalue weighted by Gasteiger charge is -2.42. The highest BCUT2D eigenvalue weighted by molar-refractivity contribution is 7.81. The van der Waals surface area contributed by atoms with Gasteiger partial charge in [0.05, 0.1) is 22.4 Å². The van der Waals surface area contributed by atoms with Crippen molar-refractivity contribution < 1.29 is 43.0 Å². The Hall–Kier alpha value is -6.28. The Morgan fingerprint density at radius 2 is 1.22 bits per heavy atom. The van der Waals surface area contributed by atoms with Crippen molar-refractivity contribution in [3.8, 4) is 0 Å². The number of alkyl carbamates (subject to hydrolysis) is 1. The molecule has 0 aliphatic carbocycles. The van der Waals surface area contributed by atoms with Gasteiger partial charge in [0.25, 0.3) is 17.7 Å². The van der Waals surface area contributed by atoms with Crippen LogP contribution in [-0.2, 0) is 43.5 Å². The number of ether oxygens (including phenoxy) is 2. The summed E-state index contributed by atoms with van der Waals surface area (Å²) in [6, 6.07) is 30.9. The average molecular weight is 821 g/mol. The summed E-state index contributed by atoms with van der Waals surface area (Å²) in [6.07, 6.45) is -2.75. The van der Waals surface area contributed by atoms with Crippen LogP contribution in [0.5, 0.6) is 0 Å². The van der Waals surface area contributed by atoms with Crippen LogP contribution in [0, 0.1) is 5.92 Å². The number of fused-ring (bicyclic) bond motifs is 1. The van der Waals surface area contributed by atoms with Crippen molar-refractivity contribution in [3.63, 3.8) is 0 Å². The van der Waals surface area contributed by atoms with E-state index in [0.717, 1.165) is 4.90 Å². The van der Waals surface area contributed by atoms with Gasteiger partial charge in [-0.2, -0.15) is 12.6 Å². The van der Waals surface area contributed by atoms with Gasteiger partial charge in [0.15, 0.2) is 11.3 Å². The van der Waals surface area contributed by atoms with Crippen LogP contribution in [0.15, 0.2) is 115 Å². The smallest absolute Gasteiger partial charge is 0.418 e. The second-order valence-corrected chi connectivity index (χ2v) is 15.2. The third-order valence-electron chi connectivity index (χ3n) is 9.85. The van der Waals surface area contributed by atoms with Gasteiger partial charge in [0.1, 0.15) is 13.2 Å². The number of benzene rings is 4. The van der Waals surface area contributed by atoms with Crippen molar-refractivity contribution in [2.24, 2.45) is 5.92 Å². The van der Waals surface area contributed by atoms with E-state index >= 15 is 4.79 Å². The zero-order valence-corrected chi connectivity index (χ0v) is 34.1. The van der Waals surface area contributed by atoms with Crippen molar-refractivity contribution in [1.29, 1.82) is 0 Å². The summed E-state index contributed by atoms with van der Waals surface area (Å²) in [7, 11) is 1.27. The minimum atomic E-state index is -2.64. The Bertz CT molecular complexity index is 2100.